The Morgan fingerprint density at radius 3 is 2.05 bits per heavy atom. The molecule has 2 N–H and O–H groups in total. The first kappa shape index (κ1) is 32.5. The van der Waals surface area contributed by atoms with Crippen LogP contribution in [-0.2, 0) is 16.0 Å². The van der Waals surface area contributed by atoms with E-state index in [1.54, 1.807) is 6.92 Å². The highest BCUT2D eigenvalue weighted by Crippen LogP contribution is 2.23. The molecule has 1 unspecified atom stereocenters. The minimum Gasteiger partial charge on any atom is -0.492 e. The Morgan fingerprint density at radius 2 is 1.45 bits per heavy atom. The summed E-state index contributed by atoms with van der Waals surface area (Å²) in [5.41, 5.74) is 1.54. The lowest BCUT2D eigenvalue weighted by Crippen LogP contribution is -2.41. The smallest absolute Gasteiger partial charge is 0.333 e. The van der Waals surface area contributed by atoms with Crippen LogP contribution in [0.15, 0.2) is 78.9 Å². The van der Waals surface area contributed by atoms with Crippen molar-refractivity contribution in [3.63, 3.8) is 0 Å². The van der Waals surface area contributed by atoms with Gasteiger partial charge in [-0.2, -0.15) is 0 Å². The number of hydrogen-bond donors (Lipinski definition) is 2. The summed E-state index contributed by atoms with van der Waals surface area (Å²) in [6, 6.07) is 24.1. The number of nitrogens with zero attached hydrogens (tertiary/aromatic N) is 1. The number of amides is 2. The second-order valence-corrected chi connectivity index (χ2v) is 10.2. The van der Waals surface area contributed by atoms with Crippen molar-refractivity contribution in [1.29, 1.82) is 0 Å². The maximum Gasteiger partial charge on any atom is 0.333 e. The zero-order valence-electron chi connectivity index (χ0n) is 25.0. The Hall–Kier alpha value is -4.04. The number of para-hydroxylation sites is 1. The van der Waals surface area contributed by atoms with E-state index in [9.17, 15) is 14.7 Å². The molecule has 0 bridgehead atoms. The van der Waals surface area contributed by atoms with Gasteiger partial charge in [-0.05, 0) is 79.8 Å². The Bertz CT molecular complexity index is 1190. The molecule has 3 rings (SSSR count). The first-order chi connectivity index (χ1) is 20.4. The molecule has 0 saturated heterocycles. The summed E-state index contributed by atoms with van der Waals surface area (Å²) in [5, 5.41) is 12.4. The van der Waals surface area contributed by atoms with Crippen molar-refractivity contribution >= 4 is 17.7 Å². The lowest BCUT2D eigenvalue weighted by Gasteiger charge is -2.28. The summed E-state index contributed by atoms with van der Waals surface area (Å²) in [6.07, 6.45) is 3.67. The molecule has 0 heterocycles. The van der Waals surface area contributed by atoms with E-state index in [0.717, 1.165) is 37.0 Å². The van der Waals surface area contributed by atoms with Gasteiger partial charge in [0.1, 0.15) is 23.9 Å². The summed E-state index contributed by atoms with van der Waals surface area (Å²) < 4.78 is 17.2. The lowest BCUT2D eigenvalue weighted by molar-refractivity contribution is -0.149. The summed E-state index contributed by atoms with van der Waals surface area (Å²) >= 11 is 0. The van der Waals surface area contributed by atoms with E-state index < -0.39 is 12.1 Å². The number of nitrogens with one attached hydrogen (secondary N) is 1. The highest BCUT2D eigenvalue weighted by molar-refractivity contribution is 5.89. The van der Waals surface area contributed by atoms with Gasteiger partial charge in [0, 0.05) is 25.3 Å². The Balaban J connectivity index is 1.60. The van der Waals surface area contributed by atoms with Crippen LogP contribution < -0.4 is 14.8 Å². The summed E-state index contributed by atoms with van der Waals surface area (Å²) in [7, 11) is 0. The van der Waals surface area contributed by atoms with Gasteiger partial charge in [0.25, 0.3) is 0 Å². The molecule has 0 spiro atoms. The Morgan fingerprint density at radius 1 is 0.833 bits per heavy atom. The van der Waals surface area contributed by atoms with E-state index in [2.05, 4.69) is 19.2 Å². The molecule has 0 aliphatic rings. The molecule has 2 amide bonds. The van der Waals surface area contributed by atoms with Crippen LogP contribution in [0.5, 0.6) is 17.2 Å². The molecular formula is C34H44N2O6. The molecule has 0 fully saturated rings. The van der Waals surface area contributed by atoms with E-state index in [-0.39, 0.29) is 12.5 Å². The zero-order chi connectivity index (χ0) is 30.2. The van der Waals surface area contributed by atoms with Gasteiger partial charge < -0.3 is 29.5 Å². The molecule has 8 heteroatoms. The fourth-order valence-corrected chi connectivity index (χ4v) is 4.79. The molecule has 0 aromatic heterocycles. The van der Waals surface area contributed by atoms with Crippen molar-refractivity contribution in [1.82, 2.24) is 4.90 Å². The van der Waals surface area contributed by atoms with Crippen LogP contribution in [0.25, 0.3) is 0 Å². The van der Waals surface area contributed by atoms with Crippen LogP contribution in [0.4, 0.5) is 10.5 Å². The third kappa shape index (κ3) is 11.1. The standard InChI is InChI=1S/C34H44N2O6/c1-4-10-27(11-5-2)25-36(22-23-41-29-18-14-26(15-19-29)24-32(33(37)38)40-6-3)34(39)35-28-16-20-31(21-17-28)42-30-12-8-7-9-13-30/h7-9,12-21,27,32H,4-6,10-11,22-25H2,1-3H3,(H,35,39)(H,37,38). The zero-order valence-corrected chi connectivity index (χ0v) is 25.0. The largest absolute Gasteiger partial charge is 0.492 e. The van der Waals surface area contributed by atoms with E-state index in [0.29, 0.717) is 49.4 Å². The number of urea groups is 1. The summed E-state index contributed by atoms with van der Waals surface area (Å²) in [4.78, 5) is 26.6. The minimum atomic E-state index is -0.976. The molecule has 226 valence electrons. The van der Waals surface area contributed by atoms with Crippen molar-refractivity contribution in [2.45, 2.75) is 59.0 Å². The van der Waals surface area contributed by atoms with Gasteiger partial charge in [0.15, 0.2) is 6.10 Å². The van der Waals surface area contributed by atoms with Crippen LogP contribution in [-0.4, -0.2) is 54.4 Å². The number of carbonyl (C=O) groups excluding carboxylic acids is 1. The van der Waals surface area contributed by atoms with Crippen molar-refractivity contribution in [3.05, 3.63) is 84.4 Å². The fourth-order valence-electron chi connectivity index (χ4n) is 4.79. The van der Waals surface area contributed by atoms with Gasteiger partial charge in [-0.25, -0.2) is 9.59 Å². The number of carboxylic acid groups (broad SMARTS) is 1. The monoisotopic (exact) mass is 576 g/mol. The lowest BCUT2D eigenvalue weighted by atomic mass is 9.98. The van der Waals surface area contributed by atoms with Crippen LogP contribution in [0.1, 0.15) is 52.0 Å². The molecule has 8 nitrogen and oxygen atoms in total. The van der Waals surface area contributed by atoms with Crippen molar-refractivity contribution in [3.8, 4) is 17.2 Å². The highest BCUT2D eigenvalue weighted by atomic mass is 16.5. The molecule has 42 heavy (non-hydrogen) atoms. The van der Waals surface area contributed by atoms with Crippen LogP contribution in [0.3, 0.4) is 0 Å². The third-order valence-corrected chi connectivity index (χ3v) is 6.86. The number of aliphatic carboxylic acids is 1. The topological polar surface area (TPSA) is 97.3 Å². The Labute approximate surface area is 249 Å². The van der Waals surface area contributed by atoms with Gasteiger partial charge in [0.2, 0.25) is 0 Å². The molecule has 3 aromatic carbocycles. The molecular weight excluding hydrogens is 532 g/mol. The molecule has 0 saturated carbocycles. The number of carboxylic acids is 1. The van der Waals surface area contributed by atoms with Gasteiger partial charge in [-0.1, -0.05) is 57.0 Å². The molecule has 0 radical (unpaired) electrons. The van der Waals surface area contributed by atoms with Crippen LogP contribution in [0.2, 0.25) is 0 Å². The second-order valence-electron chi connectivity index (χ2n) is 10.2. The number of rotatable bonds is 18. The third-order valence-electron chi connectivity index (χ3n) is 6.86. The quantitative estimate of drug-likeness (QED) is 0.162. The average Bonchev–Trinajstić information content (AvgIpc) is 2.99. The first-order valence-electron chi connectivity index (χ1n) is 14.9. The van der Waals surface area contributed by atoms with E-state index >= 15 is 0 Å². The maximum atomic E-state index is 13.4. The minimum absolute atomic E-state index is 0.168. The fraction of sp³-hybridized carbons (Fsp3) is 0.412. The van der Waals surface area contributed by atoms with Crippen molar-refractivity contribution in [2.75, 3.05) is 31.6 Å². The maximum absolute atomic E-state index is 13.4. The van der Waals surface area contributed by atoms with Gasteiger partial charge in [-0.15, -0.1) is 0 Å². The summed E-state index contributed by atoms with van der Waals surface area (Å²) in [5.74, 6) is 1.55. The molecule has 3 aromatic rings. The number of carbonyl (C=O) groups is 2. The number of hydrogen-bond acceptors (Lipinski definition) is 5. The predicted molar refractivity (Wildman–Crippen MR) is 166 cm³/mol. The highest BCUT2D eigenvalue weighted by Gasteiger charge is 2.20. The number of benzene rings is 3. The average molecular weight is 577 g/mol. The normalized spacial score (nSPS) is 11.6. The van der Waals surface area contributed by atoms with Gasteiger partial charge >= 0.3 is 12.0 Å². The summed E-state index contributed by atoms with van der Waals surface area (Å²) in [6.45, 7) is 7.88. The molecule has 0 aliphatic heterocycles. The van der Waals surface area contributed by atoms with E-state index in [4.69, 9.17) is 14.2 Å². The van der Waals surface area contributed by atoms with Crippen LogP contribution in [0, 0.1) is 5.92 Å². The Kier molecular flexibility index (Phi) is 13.7. The van der Waals surface area contributed by atoms with E-state index in [1.165, 1.54) is 0 Å². The SMILES string of the molecule is CCCC(CCC)CN(CCOc1ccc(CC(OCC)C(=O)O)cc1)C(=O)Nc1ccc(Oc2ccccc2)cc1. The second kappa shape index (κ2) is 17.7. The number of anilines is 1. The molecule has 1 atom stereocenters. The first-order valence-corrected chi connectivity index (χ1v) is 14.9. The van der Waals surface area contributed by atoms with Crippen molar-refractivity contribution in [2.24, 2.45) is 5.92 Å². The van der Waals surface area contributed by atoms with Gasteiger partial charge in [-0.3, -0.25) is 0 Å². The number of ether oxygens (including phenoxy) is 3. The van der Waals surface area contributed by atoms with E-state index in [1.807, 2.05) is 83.8 Å². The van der Waals surface area contributed by atoms with Crippen LogP contribution >= 0.6 is 0 Å². The molecule has 0 aliphatic carbocycles. The van der Waals surface area contributed by atoms with Crippen molar-refractivity contribution < 1.29 is 28.9 Å². The van der Waals surface area contributed by atoms with Gasteiger partial charge in [0.05, 0.1) is 6.54 Å². The predicted octanol–water partition coefficient (Wildman–Crippen LogP) is 7.64.